The SMILES string of the molecule is COc1ccc2cn(-c3ccc4c(ccn4C(F)F)c3)c(O)c2c1. The van der Waals surface area contributed by atoms with E-state index in [0.29, 0.717) is 27.7 Å². The normalized spacial score (nSPS) is 11.7. The molecule has 0 saturated carbocycles. The number of alkyl halides is 2. The third-order valence-electron chi connectivity index (χ3n) is 4.19. The number of fused-ring (bicyclic) bond motifs is 2. The highest BCUT2D eigenvalue weighted by molar-refractivity contribution is 5.90. The van der Waals surface area contributed by atoms with E-state index in [1.807, 2.05) is 12.1 Å². The molecule has 0 aliphatic carbocycles. The highest BCUT2D eigenvalue weighted by Crippen LogP contribution is 2.34. The maximum atomic E-state index is 12.9. The Labute approximate surface area is 136 Å². The quantitative estimate of drug-likeness (QED) is 0.592. The molecule has 0 saturated heterocycles. The minimum absolute atomic E-state index is 0.0801. The van der Waals surface area contributed by atoms with Crippen LogP contribution in [0, 0.1) is 0 Å². The summed E-state index contributed by atoms with van der Waals surface area (Å²) in [6.45, 7) is -2.58. The summed E-state index contributed by atoms with van der Waals surface area (Å²) in [6.07, 6.45) is 3.16. The van der Waals surface area contributed by atoms with Crippen molar-refractivity contribution in [3.8, 4) is 17.3 Å². The highest BCUT2D eigenvalue weighted by Gasteiger charge is 2.13. The van der Waals surface area contributed by atoms with Crippen molar-refractivity contribution in [2.24, 2.45) is 0 Å². The topological polar surface area (TPSA) is 39.3 Å². The third-order valence-corrected chi connectivity index (χ3v) is 4.19. The molecule has 1 N–H and O–H groups in total. The van der Waals surface area contributed by atoms with Gasteiger partial charge in [-0.3, -0.25) is 9.13 Å². The van der Waals surface area contributed by atoms with Crippen LogP contribution in [-0.4, -0.2) is 21.4 Å². The van der Waals surface area contributed by atoms with Crippen LogP contribution in [0.2, 0.25) is 0 Å². The number of aromatic nitrogens is 2. The summed E-state index contributed by atoms with van der Waals surface area (Å²) >= 11 is 0. The van der Waals surface area contributed by atoms with Crippen molar-refractivity contribution in [1.82, 2.24) is 9.13 Å². The number of aromatic hydroxyl groups is 1. The van der Waals surface area contributed by atoms with Crippen molar-refractivity contribution in [1.29, 1.82) is 0 Å². The molecule has 4 aromatic rings. The van der Waals surface area contributed by atoms with Crippen LogP contribution in [0.1, 0.15) is 6.55 Å². The maximum absolute atomic E-state index is 12.9. The van der Waals surface area contributed by atoms with Gasteiger partial charge in [0.15, 0.2) is 0 Å². The summed E-state index contributed by atoms with van der Waals surface area (Å²) in [4.78, 5) is 0. The number of benzene rings is 2. The van der Waals surface area contributed by atoms with Crippen LogP contribution in [0.5, 0.6) is 11.6 Å². The molecular weight excluding hydrogens is 314 g/mol. The number of methoxy groups -OCH3 is 1. The van der Waals surface area contributed by atoms with Gasteiger partial charge in [0.2, 0.25) is 5.88 Å². The molecule has 6 heteroatoms. The van der Waals surface area contributed by atoms with E-state index in [0.717, 1.165) is 9.95 Å². The average molecular weight is 328 g/mol. The van der Waals surface area contributed by atoms with Crippen LogP contribution < -0.4 is 4.74 Å². The van der Waals surface area contributed by atoms with Crippen LogP contribution in [0.15, 0.2) is 54.9 Å². The van der Waals surface area contributed by atoms with E-state index in [1.165, 1.54) is 6.20 Å². The van der Waals surface area contributed by atoms with Crippen LogP contribution in [0.25, 0.3) is 27.4 Å². The molecule has 0 bridgehead atoms. The van der Waals surface area contributed by atoms with Crippen molar-refractivity contribution in [3.05, 3.63) is 54.9 Å². The summed E-state index contributed by atoms with van der Waals surface area (Å²) in [6, 6.07) is 12.2. The van der Waals surface area contributed by atoms with Crippen molar-refractivity contribution in [2.75, 3.05) is 7.11 Å². The Kier molecular flexibility index (Phi) is 3.19. The van der Waals surface area contributed by atoms with Gasteiger partial charge >= 0.3 is 6.55 Å². The summed E-state index contributed by atoms with van der Waals surface area (Å²) in [7, 11) is 1.57. The molecule has 0 aliphatic rings. The molecule has 0 amide bonds. The van der Waals surface area contributed by atoms with Gasteiger partial charge in [-0.25, -0.2) is 0 Å². The largest absolute Gasteiger partial charge is 0.497 e. The van der Waals surface area contributed by atoms with Gasteiger partial charge in [0.1, 0.15) is 5.75 Å². The van der Waals surface area contributed by atoms with Crippen LogP contribution in [0.3, 0.4) is 0 Å². The number of hydrogen-bond donors (Lipinski definition) is 1. The second kappa shape index (κ2) is 5.26. The van der Waals surface area contributed by atoms with E-state index in [1.54, 1.807) is 48.2 Å². The minimum Gasteiger partial charge on any atom is -0.497 e. The predicted molar refractivity (Wildman–Crippen MR) is 88.2 cm³/mol. The summed E-state index contributed by atoms with van der Waals surface area (Å²) in [5.41, 5.74) is 1.15. The van der Waals surface area contributed by atoms with Gasteiger partial charge in [-0.05, 0) is 42.5 Å². The number of ether oxygens (including phenoxy) is 1. The molecule has 0 radical (unpaired) electrons. The molecule has 0 atom stereocenters. The zero-order valence-corrected chi connectivity index (χ0v) is 12.8. The van der Waals surface area contributed by atoms with Gasteiger partial charge in [-0.2, -0.15) is 8.78 Å². The van der Waals surface area contributed by atoms with Crippen LogP contribution in [0.4, 0.5) is 8.78 Å². The first-order valence-corrected chi connectivity index (χ1v) is 7.35. The van der Waals surface area contributed by atoms with Gasteiger partial charge < -0.3 is 9.84 Å². The van der Waals surface area contributed by atoms with E-state index in [-0.39, 0.29) is 5.88 Å². The number of halogens is 2. The van der Waals surface area contributed by atoms with E-state index < -0.39 is 6.55 Å². The molecule has 24 heavy (non-hydrogen) atoms. The highest BCUT2D eigenvalue weighted by atomic mass is 19.3. The Morgan fingerprint density at radius 1 is 1.04 bits per heavy atom. The molecule has 0 spiro atoms. The number of nitrogens with zero attached hydrogens (tertiary/aromatic N) is 2. The molecule has 4 nitrogen and oxygen atoms in total. The zero-order valence-electron chi connectivity index (χ0n) is 12.8. The molecule has 2 aromatic carbocycles. The van der Waals surface area contributed by atoms with Crippen LogP contribution in [-0.2, 0) is 0 Å². The van der Waals surface area contributed by atoms with E-state index in [9.17, 15) is 13.9 Å². The number of rotatable bonds is 3. The van der Waals surface area contributed by atoms with Gasteiger partial charge in [-0.1, -0.05) is 0 Å². The lowest BCUT2D eigenvalue weighted by Crippen LogP contribution is -1.96. The molecule has 2 aromatic heterocycles. The molecule has 2 heterocycles. The molecule has 4 rings (SSSR count). The molecular formula is C18H14F2N2O2. The van der Waals surface area contributed by atoms with E-state index in [2.05, 4.69) is 0 Å². The van der Waals surface area contributed by atoms with Crippen molar-refractivity contribution in [3.63, 3.8) is 0 Å². The Bertz CT molecular complexity index is 1050. The van der Waals surface area contributed by atoms with Gasteiger partial charge in [0.05, 0.1) is 12.6 Å². The smallest absolute Gasteiger partial charge is 0.319 e. The third kappa shape index (κ3) is 2.11. The fourth-order valence-corrected chi connectivity index (χ4v) is 2.97. The fourth-order valence-electron chi connectivity index (χ4n) is 2.97. The van der Waals surface area contributed by atoms with Crippen LogP contribution >= 0.6 is 0 Å². The second-order valence-corrected chi connectivity index (χ2v) is 5.52. The Morgan fingerprint density at radius 2 is 1.88 bits per heavy atom. The zero-order chi connectivity index (χ0) is 16.8. The minimum atomic E-state index is -2.58. The molecule has 0 aliphatic heterocycles. The lowest BCUT2D eigenvalue weighted by Gasteiger charge is -2.07. The first kappa shape index (κ1) is 14.6. The average Bonchev–Trinajstić information content (AvgIpc) is 3.15. The lowest BCUT2D eigenvalue weighted by molar-refractivity contribution is 0.0752. The Morgan fingerprint density at radius 3 is 2.62 bits per heavy atom. The van der Waals surface area contributed by atoms with Gasteiger partial charge in [0, 0.05) is 34.2 Å². The summed E-state index contributed by atoms with van der Waals surface area (Å²) in [5.74, 6) is 0.733. The maximum Gasteiger partial charge on any atom is 0.319 e. The van der Waals surface area contributed by atoms with Crippen molar-refractivity contribution < 1.29 is 18.6 Å². The lowest BCUT2D eigenvalue weighted by atomic mass is 10.2. The Balaban J connectivity index is 1.88. The second-order valence-electron chi connectivity index (χ2n) is 5.52. The molecule has 122 valence electrons. The molecule has 0 fully saturated rings. The van der Waals surface area contributed by atoms with E-state index >= 15 is 0 Å². The standard InChI is InChI=1S/C18H14F2N2O2/c1-24-14-4-2-12-10-22(17(23)15(12)9-14)13-3-5-16-11(8-13)6-7-21(16)18(19)20/h2-10,18,23H,1H3. The molecule has 0 unspecified atom stereocenters. The van der Waals surface area contributed by atoms with Gasteiger partial charge in [0.25, 0.3) is 0 Å². The summed E-state index contributed by atoms with van der Waals surface area (Å²) in [5, 5.41) is 12.7. The fraction of sp³-hybridized carbons (Fsp3) is 0.111. The van der Waals surface area contributed by atoms with Crippen molar-refractivity contribution in [2.45, 2.75) is 6.55 Å². The monoisotopic (exact) mass is 328 g/mol. The predicted octanol–water partition coefficient (Wildman–Crippen LogP) is 4.69. The number of hydrogen-bond acceptors (Lipinski definition) is 2. The Hall–Kier alpha value is -3.02. The first-order chi connectivity index (χ1) is 11.6. The van der Waals surface area contributed by atoms with E-state index in [4.69, 9.17) is 4.74 Å². The van der Waals surface area contributed by atoms with Crippen molar-refractivity contribution >= 4 is 21.7 Å². The first-order valence-electron chi connectivity index (χ1n) is 7.35. The van der Waals surface area contributed by atoms with Gasteiger partial charge in [-0.15, -0.1) is 0 Å². The summed E-state index contributed by atoms with van der Waals surface area (Å²) < 4.78 is 33.6.